The number of hydrogen-bond acceptors (Lipinski definition) is 3. The minimum absolute atomic E-state index is 0.0194. The smallest absolute Gasteiger partial charge is 0.172 e. The first-order valence-corrected chi connectivity index (χ1v) is 4.83. The van der Waals surface area contributed by atoms with E-state index in [-0.39, 0.29) is 16.7 Å². The minimum atomic E-state index is -0.149. The number of aromatic hydroxyl groups is 1. The van der Waals surface area contributed by atoms with Crippen LogP contribution in [0.3, 0.4) is 0 Å². The van der Waals surface area contributed by atoms with Crippen molar-refractivity contribution in [3.63, 3.8) is 0 Å². The van der Waals surface area contributed by atoms with E-state index in [4.69, 9.17) is 21.7 Å². The molecule has 0 aliphatic heterocycles. The van der Waals surface area contributed by atoms with Crippen molar-refractivity contribution >= 4 is 39.4 Å². The molecular weight excluding hydrogens is 304 g/mol. The number of nitrogens with one attached hydrogen (secondary N) is 1. The molecule has 0 bridgehead atoms. The Labute approximate surface area is 94.3 Å². The predicted molar refractivity (Wildman–Crippen MR) is 60.1 cm³/mol. The Kier molecular flexibility index (Phi) is 3.38. The van der Waals surface area contributed by atoms with E-state index in [1.165, 1.54) is 7.11 Å². The molecule has 0 fully saturated rings. The summed E-state index contributed by atoms with van der Waals surface area (Å²) in [5, 5.41) is 16.6. The highest BCUT2D eigenvalue weighted by atomic mass is 127. The van der Waals surface area contributed by atoms with Gasteiger partial charge in [0.1, 0.15) is 5.17 Å². The Balaban J connectivity index is 3.38. The summed E-state index contributed by atoms with van der Waals surface area (Å²) in [4.78, 5) is 0. The lowest BCUT2D eigenvalue weighted by molar-refractivity contribution is 0.371. The van der Waals surface area contributed by atoms with Crippen molar-refractivity contribution in [1.29, 1.82) is 5.41 Å². The van der Waals surface area contributed by atoms with Crippen LogP contribution in [-0.4, -0.2) is 17.4 Å². The molecule has 0 amide bonds. The van der Waals surface area contributed by atoms with Gasteiger partial charge in [-0.2, -0.15) is 0 Å². The lowest BCUT2D eigenvalue weighted by atomic mass is 10.2. The van der Waals surface area contributed by atoms with E-state index in [1.807, 2.05) is 22.6 Å². The van der Waals surface area contributed by atoms with E-state index in [9.17, 15) is 5.11 Å². The molecule has 3 nitrogen and oxygen atoms in total. The minimum Gasteiger partial charge on any atom is -0.504 e. The fourth-order valence-corrected chi connectivity index (χ4v) is 1.50. The molecule has 0 radical (unpaired) electrons. The Hall–Kier alpha value is -0.490. The third-order valence-corrected chi connectivity index (χ3v) is 2.60. The third kappa shape index (κ3) is 2.05. The summed E-state index contributed by atoms with van der Waals surface area (Å²) in [6.45, 7) is 0. The summed E-state index contributed by atoms with van der Waals surface area (Å²) in [6, 6.07) is 3.31. The van der Waals surface area contributed by atoms with Gasteiger partial charge < -0.3 is 9.84 Å². The molecule has 5 heteroatoms. The fraction of sp³-hybridized carbons (Fsp3) is 0.125. The number of methoxy groups -OCH3 is 1. The highest BCUT2D eigenvalue weighted by Crippen LogP contribution is 2.34. The van der Waals surface area contributed by atoms with E-state index in [0.717, 1.165) is 0 Å². The second-order valence-electron chi connectivity index (χ2n) is 2.29. The Bertz CT molecular complexity index is 354. The van der Waals surface area contributed by atoms with Crippen LogP contribution in [0.15, 0.2) is 12.1 Å². The lowest BCUT2D eigenvalue weighted by Crippen LogP contribution is -1.96. The van der Waals surface area contributed by atoms with Gasteiger partial charge in [-0.1, -0.05) is 11.6 Å². The van der Waals surface area contributed by atoms with Gasteiger partial charge in [0.2, 0.25) is 0 Å². The molecule has 0 spiro atoms. The zero-order valence-electron chi connectivity index (χ0n) is 6.77. The van der Waals surface area contributed by atoms with Crippen molar-refractivity contribution in [1.82, 2.24) is 0 Å². The SMILES string of the molecule is COc1c(C(=N)Cl)ccc(I)c1O. The van der Waals surface area contributed by atoms with Gasteiger partial charge in [0, 0.05) is 0 Å². The average Bonchev–Trinajstić information content (AvgIpc) is 2.09. The summed E-state index contributed by atoms with van der Waals surface area (Å²) in [5.41, 5.74) is 0.391. The van der Waals surface area contributed by atoms with Gasteiger partial charge in [-0.05, 0) is 34.7 Å². The van der Waals surface area contributed by atoms with Crippen LogP contribution in [0.1, 0.15) is 5.56 Å². The number of rotatable bonds is 2. The van der Waals surface area contributed by atoms with Gasteiger partial charge in [-0.15, -0.1) is 0 Å². The molecule has 70 valence electrons. The van der Waals surface area contributed by atoms with Crippen molar-refractivity contribution in [3.05, 3.63) is 21.3 Å². The maximum atomic E-state index is 9.54. The molecule has 1 aromatic carbocycles. The molecule has 0 aliphatic carbocycles. The molecule has 0 unspecified atom stereocenters. The molecular formula is C8H7ClINO2. The van der Waals surface area contributed by atoms with E-state index < -0.39 is 0 Å². The van der Waals surface area contributed by atoms with Crippen molar-refractivity contribution in [2.24, 2.45) is 0 Å². The number of ether oxygens (including phenoxy) is 1. The molecule has 1 aromatic rings. The fourth-order valence-electron chi connectivity index (χ4n) is 0.927. The van der Waals surface area contributed by atoms with E-state index >= 15 is 0 Å². The van der Waals surface area contributed by atoms with Crippen LogP contribution < -0.4 is 4.74 Å². The molecule has 0 atom stereocenters. The summed E-state index contributed by atoms with van der Waals surface area (Å²) >= 11 is 7.47. The third-order valence-electron chi connectivity index (χ3n) is 1.52. The van der Waals surface area contributed by atoms with Crippen molar-refractivity contribution < 1.29 is 9.84 Å². The first-order valence-electron chi connectivity index (χ1n) is 3.37. The largest absolute Gasteiger partial charge is 0.504 e. The van der Waals surface area contributed by atoms with Gasteiger partial charge in [0.15, 0.2) is 11.5 Å². The quantitative estimate of drug-likeness (QED) is 0.651. The number of phenolic OH excluding ortho intramolecular Hbond substituents is 1. The van der Waals surface area contributed by atoms with Gasteiger partial charge in [-0.25, -0.2) is 0 Å². The van der Waals surface area contributed by atoms with E-state index in [2.05, 4.69) is 0 Å². The topological polar surface area (TPSA) is 53.3 Å². The number of benzene rings is 1. The highest BCUT2D eigenvalue weighted by Gasteiger charge is 2.13. The predicted octanol–water partition coefficient (Wildman–Crippen LogP) is 2.57. The first kappa shape index (κ1) is 10.6. The first-order chi connectivity index (χ1) is 6.07. The van der Waals surface area contributed by atoms with Crippen molar-refractivity contribution in [3.8, 4) is 11.5 Å². The molecule has 0 saturated heterocycles. The molecule has 13 heavy (non-hydrogen) atoms. The number of halogens is 2. The van der Waals surface area contributed by atoms with E-state index in [0.29, 0.717) is 9.13 Å². The maximum Gasteiger partial charge on any atom is 0.172 e. The lowest BCUT2D eigenvalue weighted by Gasteiger charge is -2.08. The van der Waals surface area contributed by atoms with Gasteiger partial charge >= 0.3 is 0 Å². The number of phenols is 1. The Morgan fingerprint density at radius 1 is 1.62 bits per heavy atom. The molecule has 1 rings (SSSR count). The van der Waals surface area contributed by atoms with Gasteiger partial charge in [-0.3, -0.25) is 5.41 Å². The van der Waals surface area contributed by atoms with Crippen LogP contribution in [0, 0.1) is 8.98 Å². The number of hydrogen-bond donors (Lipinski definition) is 2. The maximum absolute atomic E-state index is 9.54. The van der Waals surface area contributed by atoms with Crippen molar-refractivity contribution in [2.45, 2.75) is 0 Å². The highest BCUT2D eigenvalue weighted by molar-refractivity contribution is 14.1. The summed E-state index contributed by atoms with van der Waals surface area (Å²) in [6.07, 6.45) is 0. The monoisotopic (exact) mass is 311 g/mol. The Morgan fingerprint density at radius 2 is 2.23 bits per heavy atom. The summed E-state index contributed by atoms with van der Waals surface area (Å²) in [7, 11) is 1.43. The van der Waals surface area contributed by atoms with Crippen LogP contribution in [-0.2, 0) is 0 Å². The van der Waals surface area contributed by atoms with Crippen LogP contribution >= 0.6 is 34.2 Å². The molecule has 0 aliphatic rings. The molecule has 2 N–H and O–H groups in total. The summed E-state index contributed by atoms with van der Waals surface area (Å²) < 4.78 is 5.60. The van der Waals surface area contributed by atoms with Gasteiger partial charge in [0.25, 0.3) is 0 Å². The van der Waals surface area contributed by atoms with Gasteiger partial charge in [0.05, 0.1) is 16.2 Å². The zero-order chi connectivity index (χ0) is 10.0. The molecule has 0 aromatic heterocycles. The van der Waals surface area contributed by atoms with Crippen LogP contribution in [0.2, 0.25) is 0 Å². The second kappa shape index (κ2) is 4.15. The standard InChI is InChI=1S/C8H7ClINO2/c1-13-7-4(8(9)11)2-3-5(10)6(7)12/h2-3,11-12H,1H3. The Morgan fingerprint density at radius 3 is 2.69 bits per heavy atom. The van der Waals surface area contributed by atoms with Crippen molar-refractivity contribution in [2.75, 3.05) is 7.11 Å². The average molecular weight is 312 g/mol. The second-order valence-corrected chi connectivity index (χ2v) is 3.83. The summed E-state index contributed by atoms with van der Waals surface area (Å²) in [5.74, 6) is 0.262. The van der Waals surface area contributed by atoms with E-state index in [1.54, 1.807) is 12.1 Å². The van der Waals surface area contributed by atoms with Crippen LogP contribution in [0.25, 0.3) is 0 Å². The zero-order valence-corrected chi connectivity index (χ0v) is 9.68. The normalized spacial score (nSPS) is 9.77. The molecule has 0 saturated carbocycles. The molecule has 0 heterocycles. The van der Waals surface area contributed by atoms with Crippen LogP contribution in [0.4, 0.5) is 0 Å². The van der Waals surface area contributed by atoms with Crippen LogP contribution in [0.5, 0.6) is 11.5 Å².